The van der Waals surface area contributed by atoms with Gasteiger partial charge in [-0.25, -0.2) is 0 Å². The molecule has 1 fully saturated rings. The van der Waals surface area contributed by atoms with Gasteiger partial charge in [-0.3, -0.25) is 0 Å². The van der Waals surface area contributed by atoms with Crippen molar-refractivity contribution in [1.29, 1.82) is 0 Å². The van der Waals surface area contributed by atoms with Crippen molar-refractivity contribution in [2.24, 2.45) is 5.73 Å². The average Bonchev–Trinajstić information content (AvgIpc) is 1.80. The molecule has 54 valence electrons. The number of likely N-dealkylation sites (tertiary alicyclic amines) is 1. The highest BCUT2D eigenvalue weighted by Gasteiger charge is 2.21. The van der Waals surface area contributed by atoms with Gasteiger partial charge in [-0.05, 0) is 13.5 Å². The minimum atomic E-state index is -0.277. The van der Waals surface area contributed by atoms with Crippen LogP contribution in [0.15, 0.2) is 0 Å². The van der Waals surface area contributed by atoms with Crippen LogP contribution in [0.25, 0.3) is 0 Å². The molecule has 3 heteroatoms. The quantitative estimate of drug-likeness (QED) is 0.442. The largest absolute Gasteiger partial charge is 0.391 e. The van der Waals surface area contributed by atoms with Crippen molar-refractivity contribution in [1.82, 2.24) is 4.90 Å². The molecule has 3 N–H and O–H groups in total. The standard InChI is InChI=1S/C6H14N2O/c1-8-3-2-6(9)5(7)4-8/h5-6,9H,2-4,7H2,1H3/t5-,6-/m1/s1. The molecular formula is C6H14N2O. The molecular weight excluding hydrogens is 116 g/mol. The molecule has 0 amide bonds. The van der Waals surface area contributed by atoms with Crippen molar-refractivity contribution in [3.05, 3.63) is 0 Å². The third-order valence-corrected chi connectivity index (χ3v) is 1.82. The minimum absolute atomic E-state index is 0.0382. The van der Waals surface area contributed by atoms with E-state index in [9.17, 15) is 0 Å². The summed E-state index contributed by atoms with van der Waals surface area (Å²) >= 11 is 0. The molecule has 1 saturated heterocycles. The zero-order chi connectivity index (χ0) is 6.85. The number of nitrogens with two attached hydrogens (primary N) is 1. The van der Waals surface area contributed by atoms with Crippen LogP contribution in [0.5, 0.6) is 0 Å². The topological polar surface area (TPSA) is 49.5 Å². The van der Waals surface area contributed by atoms with E-state index in [4.69, 9.17) is 10.8 Å². The summed E-state index contributed by atoms with van der Waals surface area (Å²) in [6, 6.07) is -0.0382. The minimum Gasteiger partial charge on any atom is -0.391 e. The molecule has 9 heavy (non-hydrogen) atoms. The number of hydrogen-bond donors (Lipinski definition) is 2. The summed E-state index contributed by atoms with van der Waals surface area (Å²) in [6.07, 6.45) is 0.540. The molecule has 3 nitrogen and oxygen atoms in total. The van der Waals surface area contributed by atoms with Crippen molar-refractivity contribution < 1.29 is 5.11 Å². The molecule has 0 aliphatic carbocycles. The molecule has 0 aromatic rings. The van der Waals surface area contributed by atoms with Gasteiger partial charge < -0.3 is 15.7 Å². The summed E-state index contributed by atoms with van der Waals surface area (Å²) in [4.78, 5) is 2.14. The summed E-state index contributed by atoms with van der Waals surface area (Å²) in [5.41, 5.74) is 5.58. The van der Waals surface area contributed by atoms with Crippen LogP contribution in [0.4, 0.5) is 0 Å². The second kappa shape index (κ2) is 2.64. The van der Waals surface area contributed by atoms with Crippen LogP contribution in [0.3, 0.4) is 0 Å². The van der Waals surface area contributed by atoms with E-state index in [2.05, 4.69) is 4.90 Å². The number of nitrogens with zero attached hydrogens (tertiary/aromatic N) is 1. The molecule has 1 rings (SSSR count). The van der Waals surface area contributed by atoms with E-state index >= 15 is 0 Å². The predicted octanol–water partition coefficient (Wildman–Crippen LogP) is -0.990. The normalized spacial score (nSPS) is 39.0. The number of rotatable bonds is 0. The first-order chi connectivity index (χ1) is 4.20. The predicted molar refractivity (Wildman–Crippen MR) is 36.1 cm³/mol. The smallest absolute Gasteiger partial charge is 0.0715 e. The Morgan fingerprint density at radius 2 is 2.33 bits per heavy atom. The van der Waals surface area contributed by atoms with Crippen molar-refractivity contribution in [2.75, 3.05) is 20.1 Å². The molecule has 0 bridgehead atoms. The second-order valence-electron chi connectivity index (χ2n) is 2.78. The fraction of sp³-hybridized carbons (Fsp3) is 1.00. The fourth-order valence-corrected chi connectivity index (χ4v) is 1.14. The zero-order valence-corrected chi connectivity index (χ0v) is 5.75. The van der Waals surface area contributed by atoms with Crippen LogP contribution < -0.4 is 5.73 Å². The molecule has 0 spiro atoms. The van der Waals surface area contributed by atoms with E-state index in [0.29, 0.717) is 0 Å². The highest BCUT2D eigenvalue weighted by atomic mass is 16.3. The molecule has 2 atom stereocenters. The lowest BCUT2D eigenvalue weighted by Crippen LogP contribution is -2.49. The number of piperidine rings is 1. The summed E-state index contributed by atoms with van der Waals surface area (Å²) in [7, 11) is 2.02. The van der Waals surface area contributed by atoms with Gasteiger partial charge in [-0.1, -0.05) is 0 Å². The van der Waals surface area contributed by atoms with Crippen LogP contribution in [0.2, 0.25) is 0 Å². The lowest BCUT2D eigenvalue weighted by molar-refractivity contribution is 0.0734. The van der Waals surface area contributed by atoms with Crippen LogP contribution >= 0.6 is 0 Å². The summed E-state index contributed by atoms with van der Waals surface area (Å²) in [5.74, 6) is 0. The maximum absolute atomic E-state index is 9.14. The fourth-order valence-electron chi connectivity index (χ4n) is 1.14. The Kier molecular flexibility index (Phi) is 2.05. The van der Waals surface area contributed by atoms with Crippen molar-refractivity contribution in [3.63, 3.8) is 0 Å². The van der Waals surface area contributed by atoms with Crippen molar-refractivity contribution in [3.8, 4) is 0 Å². The van der Waals surface area contributed by atoms with Gasteiger partial charge >= 0.3 is 0 Å². The van der Waals surface area contributed by atoms with Gasteiger partial charge in [-0.15, -0.1) is 0 Å². The van der Waals surface area contributed by atoms with E-state index in [0.717, 1.165) is 19.5 Å². The highest BCUT2D eigenvalue weighted by molar-refractivity contribution is 4.80. The van der Waals surface area contributed by atoms with Gasteiger partial charge in [0, 0.05) is 19.1 Å². The lowest BCUT2D eigenvalue weighted by atomic mass is 10.0. The van der Waals surface area contributed by atoms with Gasteiger partial charge in [0.1, 0.15) is 0 Å². The Hall–Kier alpha value is -0.120. The van der Waals surface area contributed by atoms with E-state index in [1.807, 2.05) is 7.05 Å². The van der Waals surface area contributed by atoms with Gasteiger partial charge in [0.2, 0.25) is 0 Å². The van der Waals surface area contributed by atoms with Gasteiger partial charge in [-0.2, -0.15) is 0 Å². The molecule has 1 aliphatic rings. The van der Waals surface area contributed by atoms with Crippen molar-refractivity contribution in [2.45, 2.75) is 18.6 Å². The van der Waals surface area contributed by atoms with E-state index in [-0.39, 0.29) is 12.1 Å². The second-order valence-corrected chi connectivity index (χ2v) is 2.78. The first kappa shape index (κ1) is 6.99. The SMILES string of the molecule is CN1CC[C@@H](O)[C@H](N)C1. The number of likely N-dealkylation sites (N-methyl/N-ethyl adjacent to an activating group) is 1. The van der Waals surface area contributed by atoms with Crippen LogP contribution in [0.1, 0.15) is 6.42 Å². The Labute approximate surface area is 55.5 Å². The van der Waals surface area contributed by atoms with Crippen LogP contribution in [-0.2, 0) is 0 Å². The maximum Gasteiger partial charge on any atom is 0.0715 e. The maximum atomic E-state index is 9.14. The third kappa shape index (κ3) is 1.64. The van der Waals surface area contributed by atoms with Crippen LogP contribution in [-0.4, -0.2) is 42.3 Å². The van der Waals surface area contributed by atoms with E-state index < -0.39 is 0 Å². The highest BCUT2D eigenvalue weighted by Crippen LogP contribution is 2.05. The molecule has 0 radical (unpaired) electrons. The Bertz CT molecular complexity index is 97.1. The number of aliphatic hydroxyl groups excluding tert-OH is 1. The van der Waals surface area contributed by atoms with E-state index in [1.54, 1.807) is 0 Å². The number of aliphatic hydroxyl groups is 1. The first-order valence-electron chi connectivity index (χ1n) is 3.32. The molecule has 0 aromatic carbocycles. The molecule has 0 unspecified atom stereocenters. The zero-order valence-electron chi connectivity index (χ0n) is 5.75. The Morgan fingerprint density at radius 3 is 2.78 bits per heavy atom. The summed E-state index contributed by atoms with van der Waals surface area (Å²) in [6.45, 7) is 1.79. The molecule has 1 heterocycles. The van der Waals surface area contributed by atoms with Gasteiger partial charge in [0.25, 0.3) is 0 Å². The Balaban J connectivity index is 2.35. The molecule has 1 aliphatic heterocycles. The average molecular weight is 130 g/mol. The van der Waals surface area contributed by atoms with Gasteiger partial charge in [0.05, 0.1) is 6.10 Å². The lowest BCUT2D eigenvalue weighted by Gasteiger charge is -2.31. The molecule has 0 saturated carbocycles. The summed E-state index contributed by atoms with van der Waals surface area (Å²) < 4.78 is 0. The Morgan fingerprint density at radius 1 is 1.67 bits per heavy atom. The number of hydrogen-bond acceptors (Lipinski definition) is 3. The monoisotopic (exact) mass is 130 g/mol. The third-order valence-electron chi connectivity index (χ3n) is 1.82. The first-order valence-corrected chi connectivity index (χ1v) is 3.32. The summed E-state index contributed by atoms with van der Waals surface area (Å²) in [5, 5.41) is 9.14. The van der Waals surface area contributed by atoms with Crippen molar-refractivity contribution >= 4 is 0 Å². The van der Waals surface area contributed by atoms with Crippen LogP contribution in [0, 0.1) is 0 Å². The molecule has 0 aromatic heterocycles. The van der Waals surface area contributed by atoms with E-state index in [1.165, 1.54) is 0 Å². The van der Waals surface area contributed by atoms with Gasteiger partial charge in [0.15, 0.2) is 0 Å².